The van der Waals surface area contributed by atoms with E-state index in [9.17, 15) is 23.6 Å². The zero-order valence-electron chi connectivity index (χ0n) is 22.0. The number of amides is 4. The molecular weight excluding hydrogens is 493 g/mol. The molecule has 4 amide bonds. The lowest BCUT2D eigenvalue weighted by molar-refractivity contribution is -0.131. The van der Waals surface area contributed by atoms with Crippen molar-refractivity contribution in [2.24, 2.45) is 0 Å². The molecule has 0 bridgehead atoms. The fourth-order valence-electron chi connectivity index (χ4n) is 3.76. The maximum atomic E-state index is 14.1. The van der Waals surface area contributed by atoms with E-state index in [1.165, 1.54) is 19.1 Å². The fourth-order valence-corrected chi connectivity index (χ4v) is 3.76. The minimum Gasteiger partial charge on any atom is -0.361 e. The average molecular weight is 526 g/mol. The molecule has 0 aliphatic heterocycles. The smallest absolute Gasteiger partial charge is 0.274 e. The number of hydrogen-bond acceptors (Lipinski definition) is 6. The summed E-state index contributed by atoms with van der Waals surface area (Å²) in [6.45, 7) is 8.55. The molecule has 0 aliphatic carbocycles. The first-order chi connectivity index (χ1) is 17.8. The van der Waals surface area contributed by atoms with Crippen molar-refractivity contribution < 1.29 is 28.1 Å². The van der Waals surface area contributed by atoms with E-state index in [-0.39, 0.29) is 24.5 Å². The molecule has 3 rings (SSSR count). The summed E-state index contributed by atoms with van der Waals surface area (Å²) in [5, 5.41) is 15.2. The summed E-state index contributed by atoms with van der Waals surface area (Å²) in [7, 11) is 0. The standard InChI is InChI=1S/C27H32FN5O5/c1-15-12-22(33-38-15)26(37)31-21(13-23(34)32-27(3,4)5)25(36)30-16(2)24(35)29-14-17-10-11-20(28)19-9-7-6-8-18(17)19/h6-12,16,21H,13-14H2,1-5H3,(H,29,35)(H,30,36)(H,31,37)(H,32,34)/t16-,21-/m0/s1. The first-order valence-corrected chi connectivity index (χ1v) is 12.1. The second-order valence-electron chi connectivity index (χ2n) is 10.1. The molecular formula is C27H32FN5O5. The van der Waals surface area contributed by atoms with E-state index in [0.29, 0.717) is 22.1 Å². The third kappa shape index (κ3) is 7.61. The second-order valence-corrected chi connectivity index (χ2v) is 10.1. The van der Waals surface area contributed by atoms with Crippen LogP contribution in [0.1, 0.15) is 55.9 Å². The van der Waals surface area contributed by atoms with Gasteiger partial charge in [0.15, 0.2) is 5.69 Å². The van der Waals surface area contributed by atoms with Gasteiger partial charge in [-0.1, -0.05) is 35.5 Å². The molecule has 2 atom stereocenters. The zero-order chi connectivity index (χ0) is 28.0. The van der Waals surface area contributed by atoms with Crippen molar-refractivity contribution >= 4 is 34.4 Å². The van der Waals surface area contributed by atoms with Crippen LogP contribution in [0.25, 0.3) is 10.8 Å². The fraction of sp³-hybridized carbons (Fsp3) is 0.370. The third-order valence-corrected chi connectivity index (χ3v) is 5.55. The number of fused-ring (bicyclic) bond motifs is 1. The quantitative estimate of drug-likeness (QED) is 0.338. The number of aromatic nitrogens is 1. The molecule has 38 heavy (non-hydrogen) atoms. The van der Waals surface area contributed by atoms with Gasteiger partial charge in [-0.2, -0.15) is 0 Å². The summed E-state index contributed by atoms with van der Waals surface area (Å²) in [6.07, 6.45) is -0.360. The van der Waals surface area contributed by atoms with Crippen molar-refractivity contribution in [2.45, 2.75) is 65.2 Å². The van der Waals surface area contributed by atoms with Gasteiger partial charge < -0.3 is 25.8 Å². The molecule has 4 N–H and O–H groups in total. The van der Waals surface area contributed by atoms with Crippen molar-refractivity contribution in [3.05, 3.63) is 65.3 Å². The van der Waals surface area contributed by atoms with E-state index in [2.05, 4.69) is 26.4 Å². The van der Waals surface area contributed by atoms with Crippen molar-refractivity contribution in [1.29, 1.82) is 0 Å². The molecule has 11 heteroatoms. The van der Waals surface area contributed by atoms with Crippen LogP contribution in [-0.4, -0.2) is 46.4 Å². The Morgan fingerprint density at radius 2 is 1.68 bits per heavy atom. The van der Waals surface area contributed by atoms with Crippen LogP contribution in [0.15, 0.2) is 47.0 Å². The summed E-state index contributed by atoms with van der Waals surface area (Å²) in [6, 6.07) is 8.97. The van der Waals surface area contributed by atoms with Crippen LogP contribution in [0.2, 0.25) is 0 Å². The van der Waals surface area contributed by atoms with E-state index >= 15 is 0 Å². The van der Waals surface area contributed by atoms with Crippen LogP contribution >= 0.6 is 0 Å². The van der Waals surface area contributed by atoms with E-state index in [1.54, 1.807) is 58.0 Å². The Hall–Kier alpha value is -4.28. The van der Waals surface area contributed by atoms with Gasteiger partial charge >= 0.3 is 0 Å². The largest absolute Gasteiger partial charge is 0.361 e. The van der Waals surface area contributed by atoms with Crippen molar-refractivity contribution in [2.75, 3.05) is 0 Å². The number of aryl methyl sites for hydroxylation is 1. The molecule has 0 fully saturated rings. The van der Waals surface area contributed by atoms with Gasteiger partial charge in [-0.05, 0) is 51.6 Å². The summed E-state index contributed by atoms with van der Waals surface area (Å²) in [5.74, 6) is -2.34. The molecule has 3 aromatic rings. The van der Waals surface area contributed by atoms with Gasteiger partial charge in [-0.25, -0.2) is 4.39 Å². The molecule has 1 heterocycles. The van der Waals surface area contributed by atoms with Gasteiger partial charge in [0.1, 0.15) is 23.7 Å². The summed E-state index contributed by atoms with van der Waals surface area (Å²) in [5.41, 5.74) is 0.109. The number of rotatable bonds is 9. The third-order valence-electron chi connectivity index (χ3n) is 5.55. The predicted molar refractivity (Wildman–Crippen MR) is 138 cm³/mol. The average Bonchev–Trinajstić information content (AvgIpc) is 3.28. The monoisotopic (exact) mass is 525 g/mol. The number of nitrogens with one attached hydrogen (secondary N) is 4. The summed E-state index contributed by atoms with van der Waals surface area (Å²) < 4.78 is 19.0. The summed E-state index contributed by atoms with van der Waals surface area (Å²) >= 11 is 0. The second kappa shape index (κ2) is 11.8. The van der Waals surface area contributed by atoms with Gasteiger partial charge in [-0.15, -0.1) is 0 Å². The van der Waals surface area contributed by atoms with E-state index < -0.39 is 41.3 Å². The molecule has 0 spiro atoms. The van der Waals surface area contributed by atoms with Crippen molar-refractivity contribution in [1.82, 2.24) is 26.4 Å². The molecule has 10 nitrogen and oxygen atoms in total. The highest BCUT2D eigenvalue weighted by atomic mass is 19.1. The van der Waals surface area contributed by atoms with Gasteiger partial charge in [-0.3, -0.25) is 19.2 Å². The molecule has 0 saturated carbocycles. The number of hydrogen-bond donors (Lipinski definition) is 4. The van der Waals surface area contributed by atoms with E-state index in [4.69, 9.17) is 4.52 Å². The van der Waals surface area contributed by atoms with Gasteiger partial charge in [0.25, 0.3) is 5.91 Å². The molecule has 2 aromatic carbocycles. The molecule has 202 valence electrons. The Labute approximate surface area is 219 Å². The maximum Gasteiger partial charge on any atom is 0.274 e. The number of carbonyl (C=O) groups is 4. The maximum absolute atomic E-state index is 14.1. The van der Waals surface area contributed by atoms with Crippen molar-refractivity contribution in [3.63, 3.8) is 0 Å². The molecule has 0 radical (unpaired) electrons. The minimum atomic E-state index is -1.28. The van der Waals surface area contributed by atoms with Crippen LogP contribution in [0.5, 0.6) is 0 Å². The van der Waals surface area contributed by atoms with Crippen molar-refractivity contribution in [3.8, 4) is 0 Å². The molecule has 0 unspecified atom stereocenters. The van der Waals surface area contributed by atoms with Gasteiger partial charge in [0.2, 0.25) is 17.7 Å². The van der Waals surface area contributed by atoms with Gasteiger partial charge in [0, 0.05) is 23.5 Å². The number of halogens is 1. The normalized spacial score (nSPS) is 12.9. The SMILES string of the molecule is Cc1cc(C(=O)N[C@@H](CC(=O)NC(C)(C)C)C(=O)N[C@@H](C)C(=O)NCc2ccc(F)c3ccccc23)no1. The predicted octanol–water partition coefficient (Wildman–Crippen LogP) is 2.50. The lowest BCUT2D eigenvalue weighted by Crippen LogP contribution is -2.54. The van der Waals surface area contributed by atoms with Gasteiger partial charge in [0.05, 0.1) is 6.42 Å². The van der Waals surface area contributed by atoms with Crippen LogP contribution < -0.4 is 21.3 Å². The van der Waals surface area contributed by atoms with E-state index in [1.807, 2.05) is 0 Å². The van der Waals surface area contributed by atoms with Crippen LogP contribution in [0.3, 0.4) is 0 Å². The Morgan fingerprint density at radius 3 is 2.32 bits per heavy atom. The molecule has 0 saturated heterocycles. The zero-order valence-corrected chi connectivity index (χ0v) is 22.0. The van der Waals surface area contributed by atoms with E-state index in [0.717, 1.165) is 0 Å². The summed E-state index contributed by atoms with van der Waals surface area (Å²) in [4.78, 5) is 50.9. The first kappa shape index (κ1) is 28.3. The topological polar surface area (TPSA) is 142 Å². The lowest BCUT2D eigenvalue weighted by atomic mass is 10.0. The Kier molecular flexibility index (Phi) is 8.82. The highest BCUT2D eigenvalue weighted by molar-refractivity contribution is 5.99. The highest BCUT2D eigenvalue weighted by Gasteiger charge is 2.29. The molecule has 0 aliphatic rings. The lowest BCUT2D eigenvalue weighted by Gasteiger charge is -2.24. The van der Waals surface area contributed by atoms with Crippen LogP contribution in [0.4, 0.5) is 4.39 Å². The number of nitrogens with zero attached hydrogens (tertiary/aromatic N) is 1. The van der Waals surface area contributed by atoms with Crippen LogP contribution in [0, 0.1) is 12.7 Å². The highest BCUT2D eigenvalue weighted by Crippen LogP contribution is 2.21. The first-order valence-electron chi connectivity index (χ1n) is 12.1. The van der Waals surface area contributed by atoms with Crippen LogP contribution in [-0.2, 0) is 20.9 Å². The Bertz CT molecular complexity index is 1350. The Balaban J connectivity index is 1.66. The number of benzene rings is 2. The Morgan fingerprint density at radius 1 is 1.00 bits per heavy atom. The number of carbonyl (C=O) groups excluding carboxylic acids is 4. The minimum absolute atomic E-state index is 0.0474. The molecule has 1 aromatic heterocycles.